The maximum Gasteiger partial charge on any atom is 0.263 e. The van der Waals surface area contributed by atoms with Gasteiger partial charge in [-0.25, -0.2) is 13.7 Å². The van der Waals surface area contributed by atoms with Gasteiger partial charge in [0.25, 0.3) is 11.8 Å². The van der Waals surface area contributed by atoms with Gasteiger partial charge in [-0.1, -0.05) is 16.8 Å². The minimum absolute atomic E-state index is 0.320. The Morgan fingerprint density at radius 1 is 1.10 bits per heavy atom. The second-order valence-corrected chi connectivity index (χ2v) is 6.79. The fraction of sp³-hybridized carbons (Fsp3) is 0.167. The Balaban J connectivity index is 1.49. The van der Waals surface area contributed by atoms with Gasteiger partial charge in [0.2, 0.25) is 5.91 Å². The van der Waals surface area contributed by atoms with Crippen LogP contribution in [0.15, 0.2) is 52.8 Å². The number of hydrogen-bond acceptors (Lipinski definition) is 6. The van der Waals surface area contributed by atoms with E-state index >= 15 is 0 Å². The van der Waals surface area contributed by atoms with Crippen molar-refractivity contribution in [3.63, 3.8) is 0 Å². The first-order valence-corrected chi connectivity index (χ1v) is 8.78. The lowest BCUT2D eigenvalue weighted by Crippen LogP contribution is -2.43. The van der Waals surface area contributed by atoms with Crippen LogP contribution >= 0.6 is 11.6 Å². The first kappa shape index (κ1) is 18.9. The number of benzene rings is 2. The quantitative estimate of drug-likeness (QED) is 0.770. The van der Waals surface area contributed by atoms with Gasteiger partial charge in [-0.3, -0.25) is 19.4 Å². The van der Waals surface area contributed by atoms with Gasteiger partial charge in [0, 0.05) is 11.1 Å². The largest absolute Gasteiger partial charge is 0.322 e. The number of rotatable bonds is 4. The third-order valence-corrected chi connectivity index (χ3v) is 4.70. The molecule has 0 spiro atoms. The van der Waals surface area contributed by atoms with Crippen LogP contribution in [0, 0.1) is 11.6 Å². The van der Waals surface area contributed by atoms with Crippen molar-refractivity contribution in [2.75, 3.05) is 16.8 Å². The number of nitrogens with one attached hydrogen (secondary N) is 1. The molecule has 1 fully saturated rings. The second kappa shape index (κ2) is 7.21. The average Bonchev–Trinajstić information content (AvgIpc) is 3.19. The van der Waals surface area contributed by atoms with Crippen molar-refractivity contribution in [1.82, 2.24) is 5.01 Å². The maximum atomic E-state index is 13.7. The molecule has 2 aromatic rings. The Morgan fingerprint density at radius 2 is 1.83 bits per heavy atom. The molecule has 2 aliphatic heterocycles. The van der Waals surface area contributed by atoms with Gasteiger partial charge in [-0.2, -0.15) is 5.11 Å². The van der Waals surface area contributed by atoms with Gasteiger partial charge in [0.1, 0.15) is 18.2 Å². The predicted octanol–water partition coefficient (Wildman–Crippen LogP) is 2.55. The summed E-state index contributed by atoms with van der Waals surface area (Å²) < 4.78 is 26.9. The van der Waals surface area contributed by atoms with E-state index in [9.17, 15) is 23.2 Å². The van der Waals surface area contributed by atoms with E-state index in [2.05, 4.69) is 15.7 Å². The fourth-order valence-corrected chi connectivity index (χ4v) is 3.25. The summed E-state index contributed by atoms with van der Waals surface area (Å²) in [6.45, 7) is -0.478. The lowest BCUT2D eigenvalue weighted by molar-refractivity contribution is -0.123. The summed E-state index contributed by atoms with van der Waals surface area (Å²) in [5.41, 5.74) is -0.0282. The van der Waals surface area contributed by atoms with Crippen molar-refractivity contribution in [3.8, 4) is 0 Å². The number of carbonyl (C=O) groups is 3. The van der Waals surface area contributed by atoms with Crippen molar-refractivity contribution >= 4 is 40.7 Å². The Bertz CT molecular complexity index is 1050. The van der Waals surface area contributed by atoms with Gasteiger partial charge in [-0.15, -0.1) is 0 Å². The highest BCUT2D eigenvalue weighted by atomic mass is 35.5. The molecule has 0 saturated carbocycles. The van der Waals surface area contributed by atoms with Crippen molar-refractivity contribution in [2.24, 2.45) is 10.3 Å². The Labute approximate surface area is 167 Å². The third kappa shape index (κ3) is 3.42. The molecular formula is C18H12ClF2N5O3. The summed E-state index contributed by atoms with van der Waals surface area (Å²) in [4.78, 5) is 38.6. The SMILES string of the molecule is O=C(CN1N=N[C@H]2C(=O)N(c3ccc(Cl)cc3)C(=O)[C@H]21)Nc1cc(F)ccc1F. The minimum Gasteiger partial charge on any atom is -0.322 e. The van der Waals surface area contributed by atoms with Crippen LogP contribution in [0.3, 0.4) is 0 Å². The monoisotopic (exact) mass is 419 g/mol. The summed E-state index contributed by atoms with van der Waals surface area (Å²) in [6.07, 6.45) is 0. The van der Waals surface area contributed by atoms with Crippen molar-refractivity contribution in [3.05, 3.63) is 59.1 Å². The fourth-order valence-electron chi connectivity index (χ4n) is 3.13. The van der Waals surface area contributed by atoms with Crippen LogP contribution in [0.1, 0.15) is 0 Å². The summed E-state index contributed by atoms with van der Waals surface area (Å²) in [6, 6.07) is 6.53. The molecule has 11 heteroatoms. The molecule has 3 amide bonds. The second-order valence-electron chi connectivity index (χ2n) is 6.35. The van der Waals surface area contributed by atoms with E-state index < -0.39 is 48.0 Å². The van der Waals surface area contributed by atoms with E-state index in [4.69, 9.17) is 11.6 Å². The first-order valence-electron chi connectivity index (χ1n) is 8.41. The van der Waals surface area contributed by atoms with Crippen LogP contribution < -0.4 is 10.2 Å². The van der Waals surface area contributed by atoms with Gasteiger partial charge >= 0.3 is 0 Å². The van der Waals surface area contributed by atoms with E-state index in [-0.39, 0.29) is 5.69 Å². The summed E-state index contributed by atoms with van der Waals surface area (Å²) >= 11 is 5.83. The van der Waals surface area contributed by atoms with Crippen LogP contribution in [-0.4, -0.2) is 41.4 Å². The highest BCUT2D eigenvalue weighted by Gasteiger charge is 2.55. The number of nitrogens with zero attached hydrogens (tertiary/aromatic N) is 4. The van der Waals surface area contributed by atoms with Gasteiger partial charge in [-0.05, 0) is 36.4 Å². The van der Waals surface area contributed by atoms with Crippen LogP contribution in [0.4, 0.5) is 20.2 Å². The maximum absolute atomic E-state index is 13.7. The smallest absolute Gasteiger partial charge is 0.263 e. The molecular weight excluding hydrogens is 408 g/mol. The van der Waals surface area contributed by atoms with Crippen LogP contribution in [0.2, 0.25) is 5.02 Å². The van der Waals surface area contributed by atoms with Crippen LogP contribution in [-0.2, 0) is 14.4 Å². The summed E-state index contributed by atoms with van der Waals surface area (Å²) in [5, 5.41) is 11.2. The zero-order chi connectivity index (χ0) is 20.7. The van der Waals surface area contributed by atoms with E-state index in [0.717, 1.165) is 28.1 Å². The number of anilines is 2. The predicted molar refractivity (Wildman–Crippen MR) is 98.1 cm³/mol. The Morgan fingerprint density at radius 3 is 2.55 bits per heavy atom. The van der Waals surface area contributed by atoms with E-state index in [0.29, 0.717) is 10.7 Å². The number of hydrogen-bond donors (Lipinski definition) is 1. The molecule has 0 radical (unpaired) electrons. The zero-order valence-electron chi connectivity index (χ0n) is 14.6. The number of amides is 3. The number of imide groups is 1. The molecule has 0 unspecified atom stereocenters. The Hall–Kier alpha value is -3.40. The van der Waals surface area contributed by atoms with Gasteiger partial charge in [0.05, 0.1) is 11.4 Å². The Kier molecular flexibility index (Phi) is 4.71. The molecule has 2 aliphatic rings. The molecule has 29 heavy (non-hydrogen) atoms. The average molecular weight is 420 g/mol. The standard InChI is InChI=1S/C18H12ClF2N5O3/c19-9-1-4-11(5-2-9)26-17(28)15-16(18(26)29)25(24-23-15)8-14(27)22-13-7-10(20)3-6-12(13)21/h1-7,15-16H,8H2,(H,22,27)/t15-,16+/m1/s1. The number of carbonyl (C=O) groups excluding carboxylic acids is 3. The third-order valence-electron chi connectivity index (χ3n) is 4.45. The molecule has 1 N–H and O–H groups in total. The number of halogens is 3. The van der Waals surface area contributed by atoms with E-state index in [1.54, 1.807) is 0 Å². The highest BCUT2D eigenvalue weighted by Crippen LogP contribution is 2.32. The van der Waals surface area contributed by atoms with Crippen molar-refractivity contribution < 1.29 is 23.2 Å². The molecule has 2 aromatic carbocycles. The first-order chi connectivity index (χ1) is 13.8. The van der Waals surface area contributed by atoms with E-state index in [1.165, 1.54) is 24.3 Å². The molecule has 0 aromatic heterocycles. The van der Waals surface area contributed by atoms with Crippen molar-refractivity contribution in [2.45, 2.75) is 12.1 Å². The normalized spacial score (nSPS) is 20.4. The summed E-state index contributed by atoms with van der Waals surface area (Å²) in [5.74, 6) is -3.47. The molecule has 0 aliphatic carbocycles. The summed E-state index contributed by atoms with van der Waals surface area (Å²) in [7, 11) is 0. The van der Waals surface area contributed by atoms with E-state index in [1.807, 2.05) is 0 Å². The minimum atomic E-state index is -1.10. The molecule has 148 valence electrons. The topological polar surface area (TPSA) is 94.4 Å². The molecule has 8 nitrogen and oxygen atoms in total. The van der Waals surface area contributed by atoms with Crippen LogP contribution in [0.5, 0.6) is 0 Å². The molecule has 2 atom stereocenters. The van der Waals surface area contributed by atoms with Gasteiger partial charge in [0.15, 0.2) is 12.1 Å². The molecule has 4 rings (SSSR count). The lowest BCUT2D eigenvalue weighted by Gasteiger charge is -2.20. The van der Waals surface area contributed by atoms with Gasteiger partial charge < -0.3 is 5.32 Å². The zero-order valence-corrected chi connectivity index (χ0v) is 15.3. The van der Waals surface area contributed by atoms with Crippen molar-refractivity contribution in [1.29, 1.82) is 0 Å². The lowest BCUT2D eigenvalue weighted by atomic mass is 10.1. The molecule has 1 saturated heterocycles. The molecule has 2 heterocycles. The van der Waals surface area contributed by atoms with Crippen LogP contribution in [0.25, 0.3) is 0 Å². The highest BCUT2D eigenvalue weighted by molar-refractivity contribution is 6.31. The number of fused-ring (bicyclic) bond motifs is 1. The molecule has 0 bridgehead atoms.